The van der Waals surface area contributed by atoms with Crippen LogP contribution < -0.4 is 0 Å². The van der Waals surface area contributed by atoms with Crippen LogP contribution in [0.1, 0.15) is 39.5 Å². The molecule has 1 heterocycles. The van der Waals surface area contributed by atoms with E-state index in [-0.39, 0.29) is 23.1 Å². The first-order valence-electron chi connectivity index (χ1n) is 5.99. The molecule has 3 nitrogen and oxygen atoms in total. The summed E-state index contributed by atoms with van der Waals surface area (Å²) >= 11 is 0. The zero-order valence-electron chi connectivity index (χ0n) is 12.1. The summed E-state index contributed by atoms with van der Waals surface area (Å²) in [5.74, 6) is -0.869. The van der Waals surface area contributed by atoms with Gasteiger partial charge in [0.1, 0.15) is 0 Å². The Hall–Kier alpha value is 0.0862. The van der Waals surface area contributed by atoms with Crippen LogP contribution in [0.3, 0.4) is 0 Å². The fourth-order valence-electron chi connectivity index (χ4n) is 0.525. The first kappa shape index (κ1) is 25.1. The van der Waals surface area contributed by atoms with Crippen molar-refractivity contribution >= 4 is 42.8 Å². The van der Waals surface area contributed by atoms with Crippen LogP contribution in [0.4, 0.5) is 4.39 Å². The van der Waals surface area contributed by atoms with Gasteiger partial charge in [0, 0.05) is 10.7 Å². The van der Waals surface area contributed by atoms with Crippen LogP contribution in [0.25, 0.3) is 0 Å². The van der Waals surface area contributed by atoms with Crippen LogP contribution in [0.5, 0.6) is 0 Å². The molecule has 1 rings (SSSR count). The molecule has 1 aromatic heterocycles. The molecule has 0 aliphatic rings. The standard InChI is InChI=1S/C5H3ClFNO2S.2C4H9.Mg/c6-11(9,10)5-3-1-2-4(7)8-5;2*1-3-4-2;/h1-3H;2*1,3-4H2,2H3;/q;2*-1;+2. The van der Waals surface area contributed by atoms with Gasteiger partial charge in [-0.3, -0.25) is 0 Å². The molecule has 0 amide bonds. The van der Waals surface area contributed by atoms with E-state index in [9.17, 15) is 12.8 Å². The summed E-state index contributed by atoms with van der Waals surface area (Å²) in [6.45, 7) is 11.4. The van der Waals surface area contributed by atoms with Crippen LogP contribution in [0.2, 0.25) is 0 Å². The fraction of sp³-hybridized carbons (Fsp3) is 0.462. The molecule has 0 saturated carbocycles. The second-order valence-corrected chi connectivity index (χ2v) is 5.96. The Morgan fingerprint density at radius 1 is 1.20 bits per heavy atom. The van der Waals surface area contributed by atoms with E-state index in [0.29, 0.717) is 0 Å². The van der Waals surface area contributed by atoms with Gasteiger partial charge in [0.2, 0.25) is 5.95 Å². The maximum Gasteiger partial charge on any atom is 2.00 e. The molecular weight excluding hydrogens is 313 g/mol. The average molecular weight is 334 g/mol. The zero-order chi connectivity index (χ0) is 15.3. The summed E-state index contributed by atoms with van der Waals surface area (Å²) in [5.41, 5.74) is 0. The van der Waals surface area contributed by atoms with E-state index in [1.807, 2.05) is 0 Å². The van der Waals surface area contributed by atoms with Crippen molar-refractivity contribution in [2.75, 3.05) is 0 Å². The SMILES string of the molecule is O=S(=O)(Cl)c1cccc(F)n1.[CH2-]CCC.[CH2-]CCC.[Mg+2]. The molecule has 1 aromatic rings. The fourth-order valence-corrected chi connectivity index (χ4v) is 1.22. The summed E-state index contributed by atoms with van der Waals surface area (Å²) < 4.78 is 33.3. The van der Waals surface area contributed by atoms with E-state index in [2.05, 4.69) is 32.7 Å². The quantitative estimate of drug-likeness (QED) is 0.363. The van der Waals surface area contributed by atoms with Crippen molar-refractivity contribution in [1.29, 1.82) is 0 Å². The van der Waals surface area contributed by atoms with Crippen molar-refractivity contribution in [2.45, 2.75) is 44.6 Å². The van der Waals surface area contributed by atoms with E-state index < -0.39 is 20.0 Å². The van der Waals surface area contributed by atoms with Crippen molar-refractivity contribution < 1.29 is 12.8 Å². The first-order chi connectivity index (χ1) is 8.83. The van der Waals surface area contributed by atoms with Gasteiger partial charge in [0.05, 0.1) is 0 Å². The van der Waals surface area contributed by atoms with E-state index in [4.69, 9.17) is 10.7 Å². The van der Waals surface area contributed by atoms with Crippen molar-refractivity contribution in [3.8, 4) is 0 Å². The first-order valence-corrected chi connectivity index (χ1v) is 8.30. The number of nitrogens with zero attached hydrogens (tertiary/aromatic N) is 1. The molecule has 0 atom stereocenters. The minimum Gasteiger partial charge on any atom is -0.343 e. The third-order valence-corrected chi connectivity index (χ3v) is 2.85. The van der Waals surface area contributed by atoms with Crippen LogP contribution >= 0.6 is 10.7 Å². The Morgan fingerprint density at radius 3 is 1.80 bits per heavy atom. The Morgan fingerprint density at radius 2 is 1.60 bits per heavy atom. The molecule has 0 saturated heterocycles. The molecule has 20 heavy (non-hydrogen) atoms. The summed E-state index contributed by atoms with van der Waals surface area (Å²) in [5, 5.41) is -0.473. The van der Waals surface area contributed by atoms with E-state index in [1.54, 1.807) is 0 Å². The molecule has 7 heteroatoms. The molecule has 0 N–H and O–H groups in total. The van der Waals surface area contributed by atoms with Crippen molar-refractivity contribution in [3.63, 3.8) is 0 Å². The van der Waals surface area contributed by atoms with Gasteiger partial charge in [0.15, 0.2) is 5.03 Å². The third-order valence-electron chi connectivity index (χ3n) is 1.65. The Bertz CT molecular complexity index is 422. The van der Waals surface area contributed by atoms with Crippen molar-refractivity contribution in [3.05, 3.63) is 38.0 Å². The summed E-state index contributed by atoms with van der Waals surface area (Å²) in [7, 11) is 0.969. The van der Waals surface area contributed by atoms with Crippen LogP contribution in [0, 0.1) is 19.8 Å². The number of unbranched alkanes of at least 4 members (excludes halogenated alkanes) is 2. The van der Waals surface area contributed by atoms with Gasteiger partial charge in [-0.25, -0.2) is 13.4 Å². The normalized spacial score (nSPS) is 9.30. The van der Waals surface area contributed by atoms with Crippen molar-refractivity contribution in [2.24, 2.45) is 0 Å². The number of hydrogen-bond donors (Lipinski definition) is 0. The van der Waals surface area contributed by atoms with E-state index in [0.717, 1.165) is 25.0 Å². The molecule has 112 valence electrons. The summed E-state index contributed by atoms with van der Waals surface area (Å²) in [6.07, 6.45) is 4.56. The topological polar surface area (TPSA) is 47.0 Å². The third kappa shape index (κ3) is 16.1. The number of halogens is 2. The molecular formula is C13H21ClFMgNO2S. The number of pyridine rings is 1. The maximum atomic E-state index is 12.3. The number of aromatic nitrogens is 1. The minimum atomic E-state index is -3.90. The zero-order valence-corrected chi connectivity index (χ0v) is 15.1. The van der Waals surface area contributed by atoms with Gasteiger partial charge in [-0.05, 0) is 12.1 Å². The molecule has 0 bridgehead atoms. The van der Waals surface area contributed by atoms with Crippen LogP contribution in [0.15, 0.2) is 23.2 Å². The van der Waals surface area contributed by atoms with E-state index in [1.165, 1.54) is 18.9 Å². The molecule has 0 radical (unpaired) electrons. The molecule has 0 fully saturated rings. The summed E-state index contributed by atoms with van der Waals surface area (Å²) in [4.78, 5) is 3.06. The van der Waals surface area contributed by atoms with E-state index >= 15 is 0 Å². The van der Waals surface area contributed by atoms with Gasteiger partial charge in [0.25, 0.3) is 9.05 Å². The van der Waals surface area contributed by atoms with Gasteiger partial charge in [-0.2, -0.15) is 17.2 Å². The molecule has 0 spiro atoms. The maximum absolute atomic E-state index is 12.3. The average Bonchev–Trinajstić information content (AvgIpc) is 2.38. The van der Waals surface area contributed by atoms with Gasteiger partial charge >= 0.3 is 23.1 Å². The number of hydrogen-bond acceptors (Lipinski definition) is 3. The van der Waals surface area contributed by atoms with Gasteiger partial charge < -0.3 is 13.8 Å². The predicted octanol–water partition coefficient (Wildman–Crippen LogP) is 4.01. The van der Waals surface area contributed by atoms with Crippen molar-refractivity contribution in [1.82, 2.24) is 4.98 Å². The summed E-state index contributed by atoms with van der Waals surface area (Å²) in [6, 6.07) is 3.37. The molecule has 0 aromatic carbocycles. The Labute approximate surface area is 142 Å². The van der Waals surface area contributed by atoms with Gasteiger partial charge in [-0.1, -0.05) is 32.8 Å². The predicted molar refractivity (Wildman–Crippen MR) is 83.5 cm³/mol. The largest absolute Gasteiger partial charge is 2.00 e. The second-order valence-electron chi connectivity index (χ2n) is 3.44. The Balaban J connectivity index is -0.000000272. The smallest absolute Gasteiger partial charge is 0.343 e. The van der Waals surface area contributed by atoms with Crippen LogP contribution in [-0.2, 0) is 9.05 Å². The monoisotopic (exact) mass is 333 g/mol. The molecule has 0 aliphatic heterocycles. The van der Waals surface area contributed by atoms with Crippen LogP contribution in [-0.4, -0.2) is 36.5 Å². The Kier molecular flexibility index (Phi) is 19.4. The number of rotatable bonds is 3. The minimum absolute atomic E-state index is 0. The second kappa shape index (κ2) is 15.5. The molecule has 0 aliphatic carbocycles. The molecule has 0 unspecified atom stereocenters. The van der Waals surface area contributed by atoms with Gasteiger partial charge in [-0.15, -0.1) is 0 Å².